The Kier molecular flexibility index (Phi) is 4.22. The molecule has 3 aromatic heterocycles. The molecule has 4 rings (SSSR count). The van der Waals surface area contributed by atoms with Crippen molar-refractivity contribution in [1.29, 1.82) is 0 Å². The first-order valence-corrected chi connectivity index (χ1v) is 9.17. The van der Waals surface area contributed by atoms with Crippen molar-refractivity contribution in [3.63, 3.8) is 0 Å². The number of piperidine rings is 1. The van der Waals surface area contributed by atoms with E-state index in [-0.39, 0.29) is 11.9 Å². The third-order valence-corrected chi connectivity index (χ3v) is 5.06. The first kappa shape index (κ1) is 16.8. The molecule has 1 saturated heterocycles. The summed E-state index contributed by atoms with van der Waals surface area (Å²) in [6, 6.07) is 3.89. The molecule has 0 aliphatic carbocycles. The minimum atomic E-state index is -0.0320. The molecule has 136 valence electrons. The van der Waals surface area contributed by atoms with Crippen LogP contribution in [0.1, 0.15) is 65.4 Å². The van der Waals surface area contributed by atoms with E-state index in [1.165, 1.54) is 0 Å². The fraction of sp³-hybridized carbons (Fsp3) is 0.474. The van der Waals surface area contributed by atoms with Crippen molar-refractivity contribution in [3.05, 3.63) is 46.7 Å². The molecule has 0 saturated carbocycles. The van der Waals surface area contributed by atoms with Crippen LogP contribution < -0.4 is 0 Å². The Hall–Kier alpha value is -2.70. The summed E-state index contributed by atoms with van der Waals surface area (Å²) in [6.07, 6.45) is 5.60. The van der Waals surface area contributed by atoms with Gasteiger partial charge in [0.05, 0.1) is 23.1 Å². The van der Waals surface area contributed by atoms with Crippen LogP contribution in [-0.2, 0) is 6.42 Å². The molecule has 0 radical (unpaired) electrons. The number of carbonyl (C=O) groups is 1. The Bertz CT molecular complexity index is 958. The molecule has 1 atom stereocenters. The number of rotatable bonds is 3. The number of nitrogens with zero attached hydrogens (tertiary/aromatic N) is 5. The van der Waals surface area contributed by atoms with Crippen molar-refractivity contribution < 1.29 is 9.32 Å². The fourth-order valence-electron chi connectivity index (χ4n) is 3.76. The lowest BCUT2D eigenvalue weighted by atomic mass is 9.97. The van der Waals surface area contributed by atoms with Crippen molar-refractivity contribution in [2.24, 2.45) is 0 Å². The van der Waals surface area contributed by atoms with E-state index in [4.69, 9.17) is 9.51 Å². The Labute approximate surface area is 152 Å². The van der Waals surface area contributed by atoms with Gasteiger partial charge in [0, 0.05) is 18.8 Å². The standard InChI is InChI=1S/C19H23N5O2/c1-4-14-18(13(3)26-22-14)19(25)23-9-6-5-7-16(23)15-8-10-24-17(20-15)11-12(2)21-24/h8,10-11,16H,4-7,9H2,1-3H3/t16-/m0/s1. The highest BCUT2D eigenvalue weighted by atomic mass is 16.5. The summed E-state index contributed by atoms with van der Waals surface area (Å²) >= 11 is 0. The van der Waals surface area contributed by atoms with Gasteiger partial charge in [0.2, 0.25) is 0 Å². The number of likely N-dealkylation sites (tertiary alicyclic amines) is 1. The molecule has 26 heavy (non-hydrogen) atoms. The molecule has 0 bridgehead atoms. The lowest BCUT2D eigenvalue weighted by Crippen LogP contribution is -2.39. The van der Waals surface area contributed by atoms with Crippen molar-refractivity contribution in [3.8, 4) is 0 Å². The van der Waals surface area contributed by atoms with E-state index in [2.05, 4.69) is 10.3 Å². The Morgan fingerprint density at radius 3 is 3.00 bits per heavy atom. The maximum atomic E-state index is 13.3. The number of fused-ring (bicyclic) bond motifs is 1. The molecule has 7 heteroatoms. The molecule has 3 aromatic rings. The second-order valence-electron chi connectivity index (χ2n) is 6.87. The van der Waals surface area contributed by atoms with Gasteiger partial charge in [-0.2, -0.15) is 5.10 Å². The van der Waals surface area contributed by atoms with Gasteiger partial charge in [0.15, 0.2) is 5.65 Å². The summed E-state index contributed by atoms with van der Waals surface area (Å²) in [5.74, 6) is 0.586. The summed E-state index contributed by atoms with van der Waals surface area (Å²) in [5.41, 5.74) is 4.00. The highest BCUT2D eigenvalue weighted by Crippen LogP contribution is 2.32. The molecule has 0 N–H and O–H groups in total. The Balaban J connectivity index is 1.71. The topological polar surface area (TPSA) is 76.5 Å². The Morgan fingerprint density at radius 2 is 2.19 bits per heavy atom. The predicted molar refractivity (Wildman–Crippen MR) is 96.0 cm³/mol. The molecule has 4 heterocycles. The van der Waals surface area contributed by atoms with E-state index in [9.17, 15) is 4.79 Å². The van der Waals surface area contributed by atoms with Crippen molar-refractivity contribution in [1.82, 2.24) is 24.7 Å². The lowest BCUT2D eigenvalue weighted by molar-refractivity contribution is 0.0603. The van der Waals surface area contributed by atoms with Gasteiger partial charge < -0.3 is 9.42 Å². The van der Waals surface area contributed by atoms with Crippen LogP contribution in [0, 0.1) is 13.8 Å². The zero-order chi connectivity index (χ0) is 18.3. The van der Waals surface area contributed by atoms with Crippen LogP contribution in [0.15, 0.2) is 22.9 Å². The van der Waals surface area contributed by atoms with Gasteiger partial charge in [-0.1, -0.05) is 12.1 Å². The number of aryl methyl sites for hydroxylation is 3. The normalized spacial score (nSPS) is 17.8. The molecule has 1 fully saturated rings. The second kappa shape index (κ2) is 6.55. The Morgan fingerprint density at radius 1 is 1.35 bits per heavy atom. The molecule has 0 spiro atoms. The quantitative estimate of drug-likeness (QED) is 0.722. The van der Waals surface area contributed by atoms with E-state index < -0.39 is 0 Å². The van der Waals surface area contributed by atoms with Gasteiger partial charge in [-0.3, -0.25) is 4.79 Å². The molecule has 0 unspecified atom stereocenters. The van der Waals surface area contributed by atoms with Gasteiger partial charge in [-0.25, -0.2) is 9.50 Å². The molecule has 7 nitrogen and oxygen atoms in total. The zero-order valence-electron chi connectivity index (χ0n) is 15.4. The predicted octanol–water partition coefficient (Wildman–Crippen LogP) is 3.26. The smallest absolute Gasteiger partial charge is 0.259 e. The third kappa shape index (κ3) is 2.77. The van der Waals surface area contributed by atoms with Crippen LogP contribution in [-0.4, -0.2) is 37.1 Å². The van der Waals surface area contributed by atoms with Gasteiger partial charge in [-0.05, 0) is 45.6 Å². The highest BCUT2D eigenvalue weighted by Gasteiger charge is 2.33. The minimum absolute atomic E-state index is 0.00309. The van der Waals surface area contributed by atoms with Gasteiger partial charge in [-0.15, -0.1) is 0 Å². The maximum Gasteiger partial charge on any atom is 0.259 e. The SMILES string of the molecule is CCc1noc(C)c1C(=O)N1CCCC[C@H]1c1ccn2nc(C)cc2n1. The van der Waals surface area contributed by atoms with E-state index in [0.29, 0.717) is 17.7 Å². The highest BCUT2D eigenvalue weighted by molar-refractivity contribution is 5.96. The van der Waals surface area contributed by atoms with Gasteiger partial charge >= 0.3 is 0 Å². The molecule has 1 aliphatic rings. The van der Waals surface area contributed by atoms with Crippen LogP contribution >= 0.6 is 0 Å². The number of hydrogen-bond acceptors (Lipinski definition) is 5. The van der Waals surface area contributed by atoms with E-state index in [0.717, 1.165) is 48.5 Å². The van der Waals surface area contributed by atoms with E-state index in [1.54, 1.807) is 11.4 Å². The van der Waals surface area contributed by atoms with Crippen LogP contribution in [0.2, 0.25) is 0 Å². The van der Waals surface area contributed by atoms with E-state index >= 15 is 0 Å². The first-order chi connectivity index (χ1) is 12.6. The first-order valence-electron chi connectivity index (χ1n) is 9.17. The molecule has 1 amide bonds. The van der Waals surface area contributed by atoms with Crippen molar-refractivity contribution >= 4 is 11.6 Å². The zero-order valence-corrected chi connectivity index (χ0v) is 15.4. The molecular weight excluding hydrogens is 330 g/mol. The minimum Gasteiger partial charge on any atom is -0.361 e. The van der Waals surface area contributed by atoms with Crippen LogP contribution in [0.3, 0.4) is 0 Å². The molecule has 1 aliphatic heterocycles. The number of aromatic nitrogens is 4. The van der Waals surface area contributed by atoms with Crippen LogP contribution in [0.4, 0.5) is 0 Å². The average Bonchev–Trinajstić information content (AvgIpc) is 3.21. The van der Waals surface area contributed by atoms with E-state index in [1.807, 2.05) is 37.1 Å². The summed E-state index contributed by atoms with van der Waals surface area (Å²) < 4.78 is 7.05. The monoisotopic (exact) mass is 353 g/mol. The van der Waals surface area contributed by atoms with Crippen LogP contribution in [0.25, 0.3) is 5.65 Å². The third-order valence-electron chi connectivity index (χ3n) is 5.06. The summed E-state index contributed by atoms with van der Waals surface area (Å²) in [5, 5.41) is 8.42. The molecule has 0 aromatic carbocycles. The van der Waals surface area contributed by atoms with Gasteiger partial charge in [0.25, 0.3) is 5.91 Å². The largest absolute Gasteiger partial charge is 0.361 e. The van der Waals surface area contributed by atoms with Crippen molar-refractivity contribution in [2.45, 2.75) is 52.5 Å². The second-order valence-corrected chi connectivity index (χ2v) is 6.87. The maximum absolute atomic E-state index is 13.3. The molecular formula is C19H23N5O2. The summed E-state index contributed by atoms with van der Waals surface area (Å²) in [6.45, 7) is 6.46. The summed E-state index contributed by atoms with van der Waals surface area (Å²) in [7, 11) is 0. The van der Waals surface area contributed by atoms with Gasteiger partial charge in [0.1, 0.15) is 11.3 Å². The fourth-order valence-corrected chi connectivity index (χ4v) is 3.76. The number of hydrogen-bond donors (Lipinski definition) is 0. The summed E-state index contributed by atoms with van der Waals surface area (Å²) in [4.78, 5) is 20.0. The lowest BCUT2D eigenvalue weighted by Gasteiger charge is -2.35. The average molecular weight is 353 g/mol. The number of amides is 1. The number of carbonyl (C=O) groups excluding carboxylic acids is 1. The van der Waals surface area contributed by atoms with Crippen LogP contribution in [0.5, 0.6) is 0 Å². The van der Waals surface area contributed by atoms with Crippen molar-refractivity contribution in [2.75, 3.05) is 6.54 Å².